The number of benzene rings is 1. The number of nitrogens with one attached hydrogen (secondary N) is 1. The van der Waals surface area contributed by atoms with Crippen LogP contribution in [0, 0.1) is 6.92 Å². The normalized spacial score (nSPS) is 11.3. The van der Waals surface area contributed by atoms with Gasteiger partial charge in [0.05, 0.1) is 5.56 Å². The Kier molecular flexibility index (Phi) is 4.98. The minimum absolute atomic E-state index is 0.0720. The largest absolute Gasteiger partial charge is 0.385 e. The molecule has 106 valence electrons. The highest BCUT2D eigenvalue weighted by Crippen LogP contribution is 2.24. The first-order valence-corrected chi connectivity index (χ1v) is 6.96. The third-order valence-corrected chi connectivity index (χ3v) is 3.85. The number of amides is 1. The fraction of sp³-hybridized carbons (Fsp3) is 0.562. The highest BCUT2D eigenvalue weighted by atomic mass is 16.2. The lowest BCUT2D eigenvalue weighted by Crippen LogP contribution is -2.44. The average molecular weight is 262 g/mol. The lowest BCUT2D eigenvalue weighted by Gasteiger charge is -2.35. The molecule has 0 heterocycles. The molecule has 0 radical (unpaired) electrons. The van der Waals surface area contributed by atoms with Crippen LogP contribution in [0.25, 0.3) is 0 Å². The van der Waals surface area contributed by atoms with Crippen molar-refractivity contribution < 1.29 is 4.79 Å². The van der Waals surface area contributed by atoms with E-state index in [1.807, 2.05) is 44.0 Å². The Hall–Kier alpha value is -1.51. The van der Waals surface area contributed by atoms with Gasteiger partial charge in [0, 0.05) is 24.8 Å². The second-order valence-corrected chi connectivity index (χ2v) is 5.61. The third-order valence-electron chi connectivity index (χ3n) is 3.85. The van der Waals surface area contributed by atoms with Crippen molar-refractivity contribution in [1.82, 2.24) is 4.90 Å². The number of carbonyl (C=O) groups is 1. The second-order valence-electron chi connectivity index (χ2n) is 5.61. The summed E-state index contributed by atoms with van der Waals surface area (Å²) in [6.45, 7) is 11.2. The first kappa shape index (κ1) is 15.5. The Morgan fingerprint density at radius 1 is 1.32 bits per heavy atom. The third kappa shape index (κ3) is 3.49. The summed E-state index contributed by atoms with van der Waals surface area (Å²) in [7, 11) is 1.88. The molecule has 0 aliphatic rings. The first-order chi connectivity index (χ1) is 8.83. The van der Waals surface area contributed by atoms with Gasteiger partial charge in [0.15, 0.2) is 0 Å². The maximum atomic E-state index is 12.6. The van der Waals surface area contributed by atoms with Crippen molar-refractivity contribution in [3.8, 4) is 0 Å². The van der Waals surface area contributed by atoms with Gasteiger partial charge in [-0.1, -0.05) is 13.0 Å². The average Bonchev–Trinajstić information content (AvgIpc) is 2.37. The maximum Gasteiger partial charge on any atom is 0.256 e. The van der Waals surface area contributed by atoms with Crippen LogP contribution in [0.3, 0.4) is 0 Å². The molecule has 0 aromatic heterocycles. The van der Waals surface area contributed by atoms with Crippen LogP contribution in [0.5, 0.6) is 0 Å². The molecule has 0 bridgehead atoms. The van der Waals surface area contributed by atoms with E-state index >= 15 is 0 Å². The van der Waals surface area contributed by atoms with Gasteiger partial charge >= 0.3 is 0 Å². The van der Waals surface area contributed by atoms with Gasteiger partial charge in [-0.3, -0.25) is 4.79 Å². The highest BCUT2D eigenvalue weighted by Gasteiger charge is 2.27. The Balaban J connectivity index is 3.12. The van der Waals surface area contributed by atoms with E-state index in [-0.39, 0.29) is 11.4 Å². The van der Waals surface area contributed by atoms with Gasteiger partial charge in [0.25, 0.3) is 5.91 Å². The van der Waals surface area contributed by atoms with E-state index in [4.69, 9.17) is 0 Å². The molecule has 0 unspecified atom stereocenters. The molecule has 0 atom stereocenters. The molecule has 1 N–H and O–H groups in total. The van der Waals surface area contributed by atoms with Crippen molar-refractivity contribution in [3.63, 3.8) is 0 Å². The monoisotopic (exact) mass is 262 g/mol. The number of nitrogens with zero attached hydrogens (tertiary/aromatic N) is 1. The van der Waals surface area contributed by atoms with Crippen LogP contribution in [0.2, 0.25) is 0 Å². The molecule has 1 aromatic carbocycles. The molecule has 0 saturated heterocycles. The molecule has 0 aliphatic heterocycles. The number of hydrogen-bond acceptors (Lipinski definition) is 2. The lowest BCUT2D eigenvalue weighted by molar-refractivity contribution is 0.0621. The predicted molar refractivity (Wildman–Crippen MR) is 81.8 cm³/mol. The van der Waals surface area contributed by atoms with E-state index in [1.54, 1.807) is 0 Å². The number of hydrogen-bond donors (Lipinski definition) is 1. The zero-order chi connectivity index (χ0) is 14.6. The molecule has 3 nitrogen and oxygen atoms in total. The van der Waals surface area contributed by atoms with Crippen LogP contribution in [0.4, 0.5) is 5.69 Å². The zero-order valence-corrected chi connectivity index (χ0v) is 13.0. The van der Waals surface area contributed by atoms with Crippen LogP contribution >= 0.6 is 0 Å². The van der Waals surface area contributed by atoms with Crippen molar-refractivity contribution in [2.75, 3.05) is 18.9 Å². The van der Waals surface area contributed by atoms with E-state index in [0.29, 0.717) is 0 Å². The quantitative estimate of drug-likeness (QED) is 0.877. The lowest BCUT2D eigenvalue weighted by atomic mass is 9.98. The van der Waals surface area contributed by atoms with Crippen molar-refractivity contribution in [3.05, 3.63) is 29.3 Å². The summed E-state index contributed by atoms with van der Waals surface area (Å²) in [5.41, 5.74) is 2.69. The number of carbonyl (C=O) groups excluding carboxylic acids is 1. The summed E-state index contributed by atoms with van der Waals surface area (Å²) in [4.78, 5) is 14.5. The standard InChI is InChI=1S/C16H26N2O/c1-7-16(4,5)18(6)15(19)13-10-9-12(3)11-14(13)17-8-2/h9-11,17H,7-8H2,1-6H3. The SMILES string of the molecule is CCNc1cc(C)ccc1C(=O)N(C)C(C)(C)CC. The van der Waals surface area contributed by atoms with Crippen molar-refractivity contribution in [2.24, 2.45) is 0 Å². The minimum Gasteiger partial charge on any atom is -0.385 e. The van der Waals surface area contributed by atoms with E-state index < -0.39 is 0 Å². The van der Waals surface area contributed by atoms with Crippen molar-refractivity contribution in [1.29, 1.82) is 0 Å². The van der Waals surface area contributed by atoms with Crippen LogP contribution in [-0.2, 0) is 0 Å². The zero-order valence-electron chi connectivity index (χ0n) is 13.0. The topological polar surface area (TPSA) is 32.3 Å². The highest BCUT2D eigenvalue weighted by molar-refractivity contribution is 6.00. The van der Waals surface area contributed by atoms with Gasteiger partial charge in [0.2, 0.25) is 0 Å². The number of aryl methyl sites for hydroxylation is 1. The van der Waals surface area contributed by atoms with Crippen molar-refractivity contribution in [2.45, 2.75) is 46.6 Å². The molecule has 1 aromatic rings. The van der Waals surface area contributed by atoms with Gasteiger partial charge in [-0.2, -0.15) is 0 Å². The molecular weight excluding hydrogens is 236 g/mol. The first-order valence-electron chi connectivity index (χ1n) is 6.96. The smallest absolute Gasteiger partial charge is 0.256 e. The van der Waals surface area contributed by atoms with E-state index in [1.165, 1.54) is 0 Å². The van der Waals surface area contributed by atoms with Gasteiger partial charge in [-0.15, -0.1) is 0 Å². The van der Waals surface area contributed by atoms with Gasteiger partial charge in [-0.05, 0) is 51.8 Å². The Morgan fingerprint density at radius 3 is 2.47 bits per heavy atom. The molecule has 1 amide bonds. The fourth-order valence-corrected chi connectivity index (χ4v) is 1.87. The predicted octanol–water partition coefficient (Wildman–Crippen LogP) is 3.69. The summed E-state index contributed by atoms with van der Waals surface area (Å²) in [6.07, 6.45) is 0.928. The Morgan fingerprint density at radius 2 is 1.95 bits per heavy atom. The van der Waals surface area contributed by atoms with E-state index in [9.17, 15) is 4.79 Å². The van der Waals surface area contributed by atoms with Gasteiger partial charge in [0.1, 0.15) is 0 Å². The number of anilines is 1. The molecule has 0 saturated carbocycles. The van der Waals surface area contributed by atoms with Crippen LogP contribution in [-0.4, -0.2) is 29.9 Å². The molecule has 3 heteroatoms. The van der Waals surface area contributed by atoms with Gasteiger partial charge in [-0.25, -0.2) is 0 Å². The van der Waals surface area contributed by atoms with E-state index in [0.717, 1.165) is 29.8 Å². The number of rotatable bonds is 5. The molecule has 0 aliphatic carbocycles. The molecule has 0 fully saturated rings. The molecular formula is C16H26N2O. The van der Waals surface area contributed by atoms with Crippen LogP contribution in [0.15, 0.2) is 18.2 Å². The van der Waals surface area contributed by atoms with Gasteiger partial charge < -0.3 is 10.2 Å². The summed E-state index contributed by atoms with van der Waals surface area (Å²) in [5.74, 6) is 0.0720. The van der Waals surface area contributed by atoms with Crippen molar-refractivity contribution >= 4 is 11.6 Å². The minimum atomic E-state index is -0.133. The molecule has 19 heavy (non-hydrogen) atoms. The van der Waals surface area contributed by atoms with Crippen LogP contribution < -0.4 is 5.32 Å². The summed E-state index contributed by atoms with van der Waals surface area (Å²) in [6, 6.07) is 5.93. The summed E-state index contributed by atoms with van der Waals surface area (Å²) >= 11 is 0. The Labute approximate surface area is 117 Å². The molecule has 0 spiro atoms. The Bertz CT molecular complexity index is 452. The second kappa shape index (κ2) is 6.09. The summed E-state index contributed by atoms with van der Waals surface area (Å²) in [5, 5.41) is 3.27. The van der Waals surface area contributed by atoms with E-state index in [2.05, 4.69) is 26.1 Å². The summed E-state index contributed by atoms with van der Waals surface area (Å²) < 4.78 is 0. The molecule has 1 rings (SSSR count). The fourth-order valence-electron chi connectivity index (χ4n) is 1.87. The maximum absolute atomic E-state index is 12.6. The van der Waals surface area contributed by atoms with Crippen LogP contribution in [0.1, 0.15) is 50.0 Å².